The molecule has 0 aliphatic rings. The Labute approximate surface area is 69.9 Å². The standard InChI is InChI=1S/C4H7BrO2.Zn/c1-3(5)7-4(2)6;/h3H,1-2H3;. The van der Waals surface area contributed by atoms with E-state index in [-0.39, 0.29) is 30.5 Å². The van der Waals surface area contributed by atoms with E-state index in [0.29, 0.717) is 0 Å². The zero-order chi connectivity index (χ0) is 5.86. The van der Waals surface area contributed by atoms with Crippen LogP contribution in [0.2, 0.25) is 0 Å². The molecule has 0 aliphatic heterocycles. The number of rotatable bonds is 1. The first kappa shape index (κ1) is 11.4. The molecule has 1 unspecified atom stereocenters. The number of esters is 1. The van der Waals surface area contributed by atoms with E-state index in [2.05, 4.69) is 20.7 Å². The van der Waals surface area contributed by atoms with E-state index < -0.39 is 0 Å². The third kappa shape index (κ3) is 9.76. The van der Waals surface area contributed by atoms with Crippen LogP contribution < -0.4 is 0 Å². The van der Waals surface area contributed by atoms with Crippen LogP contribution in [-0.4, -0.2) is 11.0 Å². The maximum absolute atomic E-state index is 10.0. The van der Waals surface area contributed by atoms with E-state index in [1.54, 1.807) is 6.92 Å². The van der Waals surface area contributed by atoms with E-state index in [1.165, 1.54) is 6.92 Å². The van der Waals surface area contributed by atoms with Crippen LogP contribution in [-0.2, 0) is 29.0 Å². The first-order chi connectivity index (χ1) is 3.13. The van der Waals surface area contributed by atoms with Gasteiger partial charge in [-0.15, -0.1) is 0 Å². The summed E-state index contributed by atoms with van der Waals surface area (Å²) in [5.74, 6) is -0.260. The normalized spacial score (nSPS) is 11.4. The van der Waals surface area contributed by atoms with E-state index in [9.17, 15) is 4.79 Å². The summed E-state index contributed by atoms with van der Waals surface area (Å²) in [7, 11) is 0. The fraction of sp³-hybridized carbons (Fsp3) is 0.750. The van der Waals surface area contributed by atoms with Gasteiger partial charge in [0.15, 0.2) is 5.01 Å². The summed E-state index contributed by atoms with van der Waals surface area (Å²) < 4.78 is 4.53. The maximum atomic E-state index is 10.0. The number of hydrogen-bond acceptors (Lipinski definition) is 2. The first-order valence-electron chi connectivity index (χ1n) is 1.94. The number of ether oxygens (including phenoxy) is 1. The largest absolute Gasteiger partial charge is 0.451 e. The van der Waals surface area contributed by atoms with Crippen molar-refractivity contribution < 1.29 is 29.0 Å². The van der Waals surface area contributed by atoms with Crippen LogP contribution >= 0.6 is 15.9 Å². The molecule has 0 aliphatic carbocycles. The van der Waals surface area contributed by atoms with Gasteiger partial charge in [-0.1, -0.05) is 0 Å². The third-order valence-corrected chi connectivity index (χ3v) is 0.515. The summed E-state index contributed by atoms with van der Waals surface area (Å²) in [5.41, 5.74) is 0. The number of carbonyl (C=O) groups is 1. The topological polar surface area (TPSA) is 26.3 Å². The number of carbonyl (C=O) groups excluding carboxylic acids is 1. The van der Waals surface area contributed by atoms with Gasteiger partial charge < -0.3 is 4.74 Å². The second-order valence-electron chi connectivity index (χ2n) is 1.15. The number of hydrogen-bond donors (Lipinski definition) is 0. The van der Waals surface area contributed by atoms with Crippen molar-refractivity contribution in [2.75, 3.05) is 0 Å². The van der Waals surface area contributed by atoms with E-state index in [1.807, 2.05) is 0 Å². The molecule has 44 valence electrons. The molecular formula is C4H7BrO2Zn. The quantitative estimate of drug-likeness (QED) is 0.387. The van der Waals surface area contributed by atoms with Crippen molar-refractivity contribution in [3.63, 3.8) is 0 Å². The average Bonchev–Trinajstić information content (AvgIpc) is 1.27. The van der Waals surface area contributed by atoms with Crippen LogP contribution in [0.15, 0.2) is 0 Å². The minimum atomic E-state index is -0.260. The summed E-state index contributed by atoms with van der Waals surface area (Å²) in [5, 5.41) is -0.162. The van der Waals surface area contributed by atoms with E-state index >= 15 is 0 Å². The predicted octanol–water partition coefficient (Wildman–Crippen LogP) is 1.29. The molecule has 0 saturated carbocycles. The van der Waals surface area contributed by atoms with Crippen LogP contribution in [0.1, 0.15) is 13.8 Å². The molecule has 0 N–H and O–H groups in total. The molecule has 2 nitrogen and oxygen atoms in total. The number of halogens is 1. The van der Waals surface area contributed by atoms with Gasteiger partial charge in [-0.05, 0) is 22.9 Å². The Hall–Kier alpha value is 0.573. The van der Waals surface area contributed by atoms with Crippen molar-refractivity contribution in [1.82, 2.24) is 0 Å². The molecule has 0 aromatic heterocycles. The van der Waals surface area contributed by atoms with Crippen LogP contribution in [0.25, 0.3) is 0 Å². The van der Waals surface area contributed by atoms with Gasteiger partial charge in [0.25, 0.3) is 0 Å². The first-order valence-corrected chi connectivity index (χ1v) is 2.86. The molecule has 0 aromatic carbocycles. The van der Waals surface area contributed by atoms with Crippen molar-refractivity contribution in [3.8, 4) is 0 Å². The van der Waals surface area contributed by atoms with Gasteiger partial charge in [0.05, 0.1) is 0 Å². The smallest absolute Gasteiger partial charge is 0.303 e. The van der Waals surface area contributed by atoms with Crippen LogP contribution in [0, 0.1) is 0 Å². The molecule has 1 atom stereocenters. The van der Waals surface area contributed by atoms with Crippen LogP contribution in [0.4, 0.5) is 0 Å². The molecule has 0 rings (SSSR count). The van der Waals surface area contributed by atoms with Gasteiger partial charge in [0, 0.05) is 26.4 Å². The van der Waals surface area contributed by atoms with Crippen molar-refractivity contribution in [1.29, 1.82) is 0 Å². The minimum absolute atomic E-state index is 0. The molecule has 0 bridgehead atoms. The Bertz CT molecular complexity index is 74.4. The predicted molar refractivity (Wildman–Crippen MR) is 30.2 cm³/mol. The SMILES string of the molecule is CC(=O)OC(C)Br.[Zn]. The zero-order valence-electron chi connectivity index (χ0n) is 4.98. The Morgan fingerprint density at radius 3 is 2.12 bits per heavy atom. The fourth-order valence-electron chi connectivity index (χ4n) is 0.229. The Balaban J connectivity index is 0. The maximum Gasteiger partial charge on any atom is 0.303 e. The van der Waals surface area contributed by atoms with Gasteiger partial charge in [0.1, 0.15) is 0 Å². The van der Waals surface area contributed by atoms with Crippen molar-refractivity contribution in [3.05, 3.63) is 0 Å². The second-order valence-corrected chi connectivity index (χ2v) is 2.44. The van der Waals surface area contributed by atoms with Crippen molar-refractivity contribution >= 4 is 21.9 Å². The Kier molecular flexibility index (Phi) is 8.12. The summed E-state index contributed by atoms with van der Waals surface area (Å²) in [4.78, 5) is 10.0. The Morgan fingerprint density at radius 2 is 2.12 bits per heavy atom. The molecule has 0 saturated heterocycles. The molecule has 0 fully saturated rings. The average molecular weight is 232 g/mol. The van der Waals surface area contributed by atoms with Gasteiger partial charge in [-0.2, -0.15) is 0 Å². The monoisotopic (exact) mass is 230 g/mol. The summed E-state index contributed by atoms with van der Waals surface area (Å²) in [6, 6.07) is 0. The summed E-state index contributed by atoms with van der Waals surface area (Å²) >= 11 is 3.03. The summed E-state index contributed by atoms with van der Waals surface area (Å²) in [6.07, 6.45) is 0. The zero-order valence-corrected chi connectivity index (χ0v) is 9.53. The van der Waals surface area contributed by atoms with E-state index in [0.717, 1.165) is 0 Å². The molecule has 0 spiro atoms. The molecule has 0 aromatic rings. The van der Waals surface area contributed by atoms with E-state index in [4.69, 9.17) is 0 Å². The molecule has 8 heavy (non-hydrogen) atoms. The second kappa shape index (κ2) is 5.71. The fourth-order valence-corrected chi connectivity index (χ4v) is 0.492. The van der Waals surface area contributed by atoms with Gasteiger partial charge in [-0.25, -0.2) is 0 Å². The van der Waals surface area contributed by atoms with Crippen molar-refractivity contribution in [2.24, 2.45) is 0 Å². The molecule has 0 amide bonds. The summed E-state index contributed by atoms with van der Waals surface area (Å²) in [6.45, 7) is 3.11. The molecule has 0 heterocycles. The third-order valence-electron chi connectivity index (χ3n) is 0.328. The number of alkyl halides is 1. The molecule has 4 heteroatoms. The van der Waals surface area contributed by atoms with Crippen molar-refractivity contribution in [2.45, 2.75) is 18.9 Å². The van der Waals surface area contributed by atoms with Gasteiger partial charge in [-0.3, -0.25) is 4.79 Å². The molecule has 0 radical (unpaired) electrons. The van der Waals surface area contributed by atoms with Gasteiger partial charge >= 0.3 is 5.97 Å². The molecular weight excluding hydrogens is 225 g/mol. The van der Waals surface area contributed by atoms with Gasteiger partial charge in [0.2, 0.25) is 0 Å². The van der Waals surface area contributed by atoms with Crippen LogP contribution in [0.5, 0.6) is 0 Å². The van der Waals surface area contributed by atoms with Crippen LogP contribution in [0.3, 0.4) is 0 Å². The minimum Gasteiger partial charge on any atom is -0.451 e. The Morgan fingerprint density at radius 1 is 1.75 bits per heavy atom.